The van der Waals surface area contributed by atoms with Crippen LogP contribution in [0.5, 0.6) is 0 Å². The summed E-state index contributed by atoms with van der Waals surface area (Å²) in [5.41, 5.74) is 0.204. The van der Waals surface area contributed by atoms with E-state index >= 15 is 0 Å². The van der Waals surface area contributed by atoms with E-state index in [1.807, 2.05) is 32.7 Å². The predicted octanol–water partition coefficient (Wildman–Crippen LogP) is 3.87. The molecule has 0 radical (unpaired) electrons. The molecule has 0 bridgehead atoms. The van der Waals surface area contributed by atoms with Gasteiger partial charge >= 0.3 is 13.1 Å². The topological polar surface area (TPSA) is 84.9 Å². The molecule has 0 aliphatic carbocycles. The van der Waals surface area contributed by atoms with Gasteiger partial charge in [-0.25, -0.2) is 0 Å². The molecular formula is C22H31BCl2N2O5. The van der Waals surface area contributed by atoms with Crippen LogP contribution in [0.1, 0.15) is 50.9 Å². The lowest BCUT2D eigenvalue weighted by atomic mass is 9.65. The highest BCUT2D eigenvalue weighted by Crippen LogP contribution is 2.28. The number of likely N-dealkylation sites (N-methyl/N-ethyl adjacent to an activating group) is 1. The molecule has 1 aliphatic rings. The van der Waals surface area contributed by atoms with E-state index in [1.54, 1.807) is 13.0 Å². The summed E-state index contributed by atoms with van der Waals surface area (Å²) in [6, 6.07) is 4.18. The van der Waals surface area contributed by atoms with Crippen molar-refractivity contribution >= 4 is 48.0 Å². The molecule has 1 amide bonds. The van der Waals surface area contributed by atoms with Crippen molar-refractivity contribution in [3.63, 3.8) is 0 Å². The van der Waals surface area contributed by atoms with E-state index in [2.05, 4.69) is 5.32 Å². The number of hydrogen-bond donors (Lipinski definition) is 1. The Hall–Kier alpha value is -1.61. The molecule has 1 aliphatic heterocycles. The van der Waals surface area contributed by atoms with Gasteiger partial charge in [0.15, 0.2) is 5.78 Å². The summed E-state index contributed by atoms with van der Waals surface area (Å²) in [6.07, 6.45) is 0.745. The number of ketones is 1. The van der Waals surface area contributed by atoms with E-state index in [9.17, 15) is 14.4 Å². The third kappa shape index (κ3) is 7.47. The molecule has 32 heavy (non-hydrogen) atoms. The second-order valence-corrected chi connectivity index (χ2v) is 9.61. The van der Waals surface area contributed by atoms with E-state index < -0.39 is 19.1 Å². The van der Waals surface area contributed by atoms with Gasteiger partial charge in [0, 0.05) is 29.9 Å². The summed E-state index contributed by atoms with van der Waals surface area (Å²) < 4.78 is 11.6. The molecule has 3 atom stereocenters. The molecular weight excluding hydrogens is 454 g/mol. The average molecular weight is 485 g/mol. The van der Waals surface area contributed by atoms with Crippen LogP contribution >= 0.6 is 23.2 Å². The number of carbonyl (C=O) groups excluding carboxylic acids is 3. The maximum atomic E-state index is 12.7. The zero-order chi connectivity index (χ0) is 24.0. The third-order valence-electron chi connectivity index (χ3n) is 5.65. The summed E-state index contributed by atoms with van der Waals surface area (Å²) in [6.45, 7) is 8.04. The molecule has 1 saturated heterocycles. The first kappa shape index (κ1) is 26.6. The lowest BCUT2D eigenvalue weighted by Gasteiger charge is -2.35. The molecule has 1 fully saturated rings. The minimum Gasteiger partial charge on any atom is -0.508 e. The minimum atomic E-state index is -0.814. The van der Waals surface area contributed by atoms with E-state index in [4.69, 9.17) is 32.5 Å². The minimum absolute atomic E-state index is 0.0254. The van der Waals surface area contributed by atoms with Crippen LogP contribution in [-0.4, -0.2) is 62.0 Å². The summed E-state index contributed by atoms with van der Waals surface area (Å²) in [4.78, 5) is 39.5. The van der Waals surface area contributed by atoms with Gasteiger partial charge in [-0.1, -0.05) is 37.0 Å². The third-order valence-corrected chi connectivity index (χ3v) is 6.21. The number of nitrogens with zero attached hydrogens (tertiary/aromatic N) is 1. The van der Waals surface area contributed by atoms with Crippen LogP contribution in [0, 0.1) is 5.92 Å². The van der Waals surface area contributed by atoms with Crippen molar-refractivity contribution in [1.82, 2.24) is 10.2 Å². The quantitative estimate of drug-likeness (QED) is 0.563. The van der Waals surface area contributed by atoms with Crippen molar-refractivity contribution in [1.29, 1.82) is 0 Å². The van der Waals surface area contributed by atoms with Crippen molar-refractivity contribution in [2.75, 3.05) is 20.2 Å². The van der Waals surface area contributed by atoms with E-state index in [0.717, 1.165) is 0 Å². The van der Waals surface area contributed by atoms with E-state index in [-0.39, 0.29) is 53.1 Å². The molecule has 1 aromatic rings. The van der Waals surface area contributed by atoms with Crippen LogP contribution in [0.15, 0.2) is 18.2 Å². The largest absolute Gasteiger partial charge is 0.531 e. The second kappa shape index (κ2) is 12.0. The fourth-order valence-corrected chi connectivity index (χ4v) is 3.96. The van der Waals surface area contributed by atoms with Crippen LogP contribution in [-0.2, 0) is 18.9 Å². The summed E-state index contributed by atoms with van der Waals surface area (Å²) in [5.74, 6) is -1.11. The number of amides is 1. The normalized spacial score (nSPS) is 21.0. The van der Waals surface area contributed by atoms with Crippen molar-refractivity contribution in [3.8, 4) is 0 Å². The zero-order valence-electron chi connectivity index (χ0n) is 19.2. The smallest absolute Gasteiger partial charge is 0.508 e. The van der Waals surface area contributed by atoms with Gasteiger partial charge in [-0.2, -0.15) is 0 Å². The first-order chi connectivity index (χ1) is 15.0. The Kier molecular flexibility index (Phi) is 10.0. The lowest BCUT2D eigenvalue weighted by Crippen LogP contribution is -2.51. The number of hydrogen-bond acceptors (Lipinski definition) is 6. The average Bonchev–Trinajstić information content (AvgIpc) is 2.73. The van der Waals surface area contributed by atoms with Gasteiger partial charge in [0.2, 0.25) is 0 Å². The molecule has 176 valence electrons. The maximum Gasteiger partial charge on any atom is 0.531 e. The molecule has 0 unspecified atom stereocenters. The Morgan fingerprint density at radius 1 is 1.28 bits per heavy atom. The number of benzene rings is 1. The zero-order valence-corrected chi connectivity index (χ0v) is 20.7. The fourth-order valence-electron chi connectivity index (χ4n) is 3.59. The Morgan fingerprint density at radius 3 is 2.62 bits per heavy atom. The Bertz CT molecular complexity index is 839. The number of carbonyl (C=O) groups is 3. The van der Waals surface area contributed by atoms with Gasteiger partial charge in [0.1, 0.15) is 6.04 Å². The fraction of sp³-hybridized carbons (Fsp3) is 0.591. The van der Waals surface area contributed by atoms with Crippen molar-refractivity contribution in [2.45, 2.75) is 58.4 Å². The van der Waals surface area contributed by atoms with Crippen molar-refractivity contribution < 1.29 is 23.7 Å². The Balaban J connectivity index is 2.04. The van der Waals surface area contributed by atoms with Crippen LogP contribution in [0.3, 0.4) is 0 Å². The van der Waals surface area contributed by atoms with Crippen LogP contribution in [0.25, 0.3) is 0 Å². The number of Topliss-reactive ketones (excluding diaryl/α,β-unsaturated/α-hetero) is 1. The van der Waals surface area contributed by atoms with Gasteiger partial charge in [-0.15, -0.1) is 0 Å². The van der Waals surface area contributed by atoms with Crippen molar-refractivity contribution in [3.05, 3.63) is 33.8 Å². The Labute approximate surface area is 200 Å². The summed E-state index contributed by atoms with van der Waals surface area (Å²) in [7, 11) is 1.04. The summed E-state index contributed by atoms with van der Waals surface area (Å²) >= 11 is 12.0. The van der Waals surface area contributed by atoms with Gasteiger partial charge < -0.3 is 14.6 Å². The predicted molar refractivity (Wildman–Crippen MR) is 126 cm³/mol. The number of rotatable bonds is 8. The van der Waals surface area contributed by atoms with Crippen LogP contribution in [0.2, 0.25) is 15.9 Å². The highest BCUT2D eigenvalue weighted by molar-refractivity contribution is 6.49. The second-order valence-electron chi connectivity index (χ2n) is 8.77. The SMILES string of the molecule is CC(C)C[C@H](CC(=O)CNC(=O)c1cc(Cl)ccc1Cl)B1OC[C@@H](C)N(C)[C@@H](C)C(=O)O1. The van der Waals surface area contributed by atoms with Gasteiger partial charge in [0.25, 0.3) is 5.91 Å². The molecule has 1 aromatic carbocycles. The lowest BCUT2D eigenvalue weighted by molar-refractivity contribution is -0.144. The Morgan fingerprint density at radius 2 is 1.97 bits per heavy atom. The number of halogens is 2. The molecule has 1 N–H and O–H groups in total. The maximum absolute atomic E-state index is 12.7. The highest BCUT2D eigenvalue weighted by atomic mass is 35.5. The van der Waals surface area contributed by atoms with Crippen LogP contribution < -0.4 is 5.32 Å². The molecule has 1 heterocycles. The first-order valence-corrected chi connectivity index (χ1v) is 11.5. The van der Waals surface area contributed by atoms with Gasteiger partial charge in [-0.3, -0.25) is 19.3 Å². The molecule has 0 saturated carbocycles. The monoisotopic (exact) mass is 484 g/mol. The molecule has 0 aromatic heterocycles. The van der Waals surface area contributed by atoms with Crippen molar-refractivity contribution in [2.24, 2.45) is 5.92 Å². The van der Waals surface area contributed by atoms with Gasteiger partial charge in [0.05, 0.1) is 17.1 Å². The van der Waals surface area contributed by atoms with Crippen LogP contribution in [0.4, 0.5) is 0 Å². The molecule has 7 nitrogen and oxygen atoms in total. The van der Waals surface area contributed by atoms with E-state index in [1.165, 1.54) is 12.1 Å². The molecule has 10 heteroatoms. The van der Waals surface area contributed by atoms with E-state index in [0.29, 0.717) is 18.1 Å². The highest BCUT2D eigenvalue weighted by Gasteiger charge is 2.40. The molecule has 2 rings (SSSR count). The van der Waals surface area contributed by atoms with Gasteiger partial charge in [-0.05, 0) is 51.4 Å². The summed E-state index contributed by atoms with van der Waals surface area (Å²) in [5, 5.41) is 3.22. The standard InChI is InChI=1S/C22H31BCl2N2O5/c1-13(2)8-16(23-31-12-14(3)27(5)15(4)22(30)32-23)9-18(28)11-26-21(29)19-10-17(24)6-7-20(19)25/h6-7,10,13-16H,8-9,11-12H2,1-5H3,(H,26,29)/t14-,15+,16-/m1/s1. The molecule has 0 spiro atoms. The first-order valence-electron chi connectivity index (χ1n) is 10.8. The number of nitrogens with one attached hydrogen (secondary N) is 1.